The second kappa shape index (κ2) is 4.53. The van der Waals surface area contributed by atoms with Crippen LogP contribution >= 0.6 is 0 Å². The van der Waals surface area contributed by atoms with Gasteiger partial charge in [0.2, 0.25) is 0 Å². The maximum atomic E-state index is 10.1. The number of benzene rings is 1. The van der Waals surface area contributed by atoms with Crippen LogP contribution in [0.2, 0.25) is 0 Å². The third-order valence-electron chi connectivity index (χ3n) is 2.74. The van der Waals surface area contributed by atoms with Gasteiger partial charge in [-0.25, -0.2) is 0 Å². The van der Waals surface area contributed by atoms with Crippen molar-refractivity contribution < 1.29 is 9.84 Å². The number of rotatable bonds is 3. The van der Waals surface area contributed by atoms with E-state index in [1.54, 1.807) is 7.11 Å². The lowest BCUT2D eigenvalue weighted by Gasteiger charge is -2.18. The largest absolute Gasteiger partial charge is 0.504 e. The quantitative estimate of drug-likeness (QED) is 0.801. The van der Waals surface area contributed by atoms with Gasteiger partial charge in [0.25, 0.3) is 0 Å². The van der Waals surface area contributed by atoms with Crippen molar-refractivity contribution in [2.24, 2.45) is 5.73 Å². The fourth-order valence-corrected chi connectivity index (χ4v) is 1.96. The molecule has 3 nitrogen and oxygen atoms in total. The van der Waals surface area contributed by atoms with Gasteiger partial charge >= 0.3 is 0 Å². The van der Waals surface area contributed by atoms with Crippen LogP contribution < -0.4 is 10.5 Å². The number of methoxy groups -OCH3 is 1. The molecular formula is C12H19NO2. The van der Waals surface area contributed by atoms with E-state index < -0.39 is 0 Å². The monoisotopic (exact) mass is 209 g/mol. The molecule has 0 fully saturated rings. The lowest BCUT2D eigenvalue weighted by molar-refractivity contribution is 0.366. The number of hydrogen-bond donors (Lipinski definition) is 2. The Morgan fingerprint density at radius 3 is 2.47 bits per heavy atom. The molecule has 0 saturated carbocycles. The summed E-state index contributed by atoms with van der Waals surface area (Å²) in [5, 5.41) is 10.1. The minimum Gasteiger partial charge on any atom is -0.504 e. The molecule has 0 amide bonds. The lowest BCUT2D eigenvalue weighted by atomic mass is 9.93. The molecule has 3 N–H and O–H groups in total. The third kappa shape index (κ3) is 2.07. The summed E-state index contributed by atoms with van der Waals surface area (Å²) >= 11 is 0. The molecule has 0 aliphatic carbocycles. The molecule has 0 aliphatic heterocycles. The summed E-state index contributed by atoms with van der Waals surface area (Å²) in [5.41, 5.74) is 8.51. The van der Waals surface area contributed by atoms with Gasteiger partial charge in [-0.3, -0.25) is 0 Å². The maximum absolute atomic E-state index is 10.1. The van der Waals surface area contributed by atoms with E-state index in [1.165, 1.54) is 0 Å². The van der Waals surface area contributed by atoms with Crippen LogP contribution in [0.15, 0.2) is 6.07 Å². The van der Waals surface area contributed by atoms with Gasteiger partial charge in [-0.05, 0) is 37.4 Å². The molecule has 1 aromatic rings. The van der Waals surface area contributed by atoms with Crippen LogP contribution in [0.5, 0.6) is 11.5 Å². The Labute approximate surface area is 90.9 Å². The number of ether oxygens (including phenoxy) is 1. The van der Waals surface area contributed by atoms with Crippen molar-refractivity contribution in [2.45, 2.75) is 26.7 Å². The molecule has 1 rings (SSSR count). The van der Waals surface area contributed by atoms with Gasteiger partial charge in [0.15, 0.2) is 11.5 Å². The Hall–Kier alpha value is -1.22. The van der Waals surface area contributed by atoms with Crippen molar-refractivity contribution in [3.8, 4) is 11.5 Å². The zero-order chi connectivity index (χ0) is 11.6. The second-order valence-electron chi connectivity index (χ2n) is 3.94. The highest BCUT2D eigenvalue weighted by molar-refractivity contribution is 5.55. The summed E-state index contributed by atoms with van der Waals surface area (Å²) in [6.45, 7) is 6.41. The minimum atomic E-state index is 0.138. The highest BCUT2D eigenvalue weighted by atomic mass is 16.5. The van der Waals surface area contributed by atoms with E-state index in [4.69, 9.17) is 10.5 Å². The Kier molecular flexibility index (Phi) is 3.58. The van der Waals surface area contributed by atoms with Crippen molar-refractivity contribution >= 4 is 0 Å². The third-order valence-corrected chi connectivity index (χ3v) is 2.74. The molecule has 1 unspecified atom stereocenters. The van der Waals surface area contributed by atoms with E-state index in [-0.39, 0.29) is 11.7 Å². The van der Waals surface area contributed by atoms with Crippen LogP contribution in [-0.4, -0.2) is 18.8 Å². The predicted molar refractivity (Wildman–Crippen MR) is 61.6 cm³/mol. The van der Waals surface area contributed by atoms with Crippen LogP contribution in [-0.2, 0) is 0 Å². The minimum absolute atomic E-state index is 0.138. The van der Waals surface area contributed by atoms with Gasteiger partial charge in [0.1, 0.15) is 0 Å². The van der Waals surface area contributed by atoms with Crippen LogP contribution in [0.4, 0.5) is 0 Å². The van der Waals surface area contributed by atoms with Crippen molar-refractivity contribution in [3.63, 3.8) is 0 Å². The summed E-state index contributed by atoms with van der Waals surface area (Å²) in [7, 11) is 1.56. The Morgan fingerprint density at radius 1 is 1.40 bits per heavy atom. The molecule has 3 heteroatoms. The van der Waals surface area contributed by atoms with Crippen molar-refractivity contribution in [2.75, 3.05) is 13.7 Å². The van der Waals surface area contributed by atoms with Crippen LogP contribution in [0.25, 0.3) is 0 Å². The topological polar surface area (TPSA) is 55.5 Å². The average molecular weight is 209 g/mol. The number of hydrogen-bond acceptors (Lipinski definition) is 3. The molecule has 0 bridgehead atoms. The second-order valence-corrected chi connectivity index (χ2v) is 3.94. The molecule has 0 radical (unpaired) electrons. The van der Waals surface area contributed by atoms with E-state index >= 15 is 0 Å². The van der Waals surface area contributed by atoms with Crippen LogP contribution in [0, 0.1) is 13.8 Å². The molecule has 0 aliphatic rings. The molecule has 0 saturated heterocycles. The first-order valence-corrected chi connectivity index (χ1v) is 5.10. The van der Waals surface area contributed by atoms with Gasteiger partial charge in [-0.1, -0.05) is 13.0 Å². The van der Waals surface area contributed by atoms with Crippen LogP contribution in [0.3, 0.4) is 0 Å². The SMILES string of the molecule is COc1c(C)cc(C)c(C(C)CN)c1O. The summed E-state index contributed by atoms with van der Waals surface area (Å²) in [5.74, 6) is 0.920. The van der Waals surface area contributed by atoms with Gasteiger partial charge in [-0.2, -0.15) is 0 Å². The lowest BCUT2D eigenvalue weighted by Crippen LogP contribution is -2.11. The van der Waals surface area contributed by atoms with Gasteiger partial charge in [0, 0.05) is 5.56 Å². The van der Waals surface area contributed by atoms with Gasteiger partial charge in [-0.15, -0.1) is 0 Å². The zero-order valence-electron chi connectivity index (χ0n) is 9.79. The molecule has 1 aromatic carbocycles. The molecule has 0 aromatic heterocycles. The Bertz CT molecular complexity index is 361. The first-order valence-electron chi connectivity index (χ1n) is 5.10. The fourth-order valence-electron chi connectivity index (χ4n) is 1.96. The summed E-state index contributed by atoms with van der Waals surface area (Å²) < 4.78 is 5.18. The summed E-state index contributed by atoms with van der Waals surface area (Å²) in [6.07, 6.45) is 0. The molecule has 0 heterocycles. The number of phenols is 1. The molecule has 15 heavy (non-hydrogen) atoms. The summed E-state index contributed by atoms with van der Waals surface area (Å²) in [6, 6.07) is 2.01. The number of nitrogens with two attached hydrogens (primary N) is 1. The molecule has 1 atom stereocenters. The van der Waals surface area contributed by atoms with Gasteiger partial charge < -0.3 is 15.6 Å². The molecular weight excluding hydrogens is 190 g/mol. The first kappa shape index (κ1) is 11.9. The standard InChI is InChI=1S/C12H19NO2/c1-7-5-8(2)12(15-4)11(14)10(7)9(3)6-13/h5,9,14H,6,13H2,1-4H3. The first-order chi connectivity index (χ1) is 7.02. The smallest absolute Gasteiger partial charge is 0.163 e. The van der Waals surface area contributed by atoms with Crippen molar-refractivity contribution in [3.05, 3.63) is 22.8 Å². The van der Waals surface area contributed by atoms with E-state index in [0.29, 0.717) is 12.3 Å². The highest BCUT2D eigenvalue weighted by Crippen LogP contribution is 2.39. The Morgan fingerprint density at radius 2 is 2.00 bits per heavy atom. The van der Waals surface area contributed by atoms with E-state index in [1.807, 2.05) is 26.8 Å². The summed E-state index contributed by atoms with van der Waals surface area (Å²) in [4.78, 5) is 0. The number of phenolic OH excluding ortho intramolecular Hbond substituents is 1. The fraction of sp³-hybridized carbons (Fsp3) is 0.500. The molecule has 0 spiro atoms. The Balaban J connectivity index is 3.38. The highest BCUT2D eigenvalue weighted by Gasteiger charge is 2.17. The van der Waals surface area contributed by atoms with Crippen molar-refractivity contribution in [1.82, 2.24) is 0 Å². The predicted octanol–water partition coefficient (Wildman–Crippen LogP) is 2.08. The molecule has 84 valence electrons. The maximum Gasteiger partial charge on any atom is 0.163 e. The zero-order valence-corrected chi connectivity index (χ0v) is 9.79. The average Bonchev–Trinajstić information content (AvgIpc) is 2.17. The van der Waals surface area contributed by atoms with E-state index in [9.17, 15) is 5.11 Å². The van der Waals surface area contributed by atoms with Gasteiger partial charge in [0.05, 0.1) is 7.11 Å². The van der Waals surface area contributed by atoms with Crippen LogP contribution in [0.1, 0.15) is 29.5 Å². The number of aryl methyl sites for hydroxylation is 2. The number of aromatic hydroxyl groups is 1. The van der Waals surface area contributed by atoms with E-state index in [2.05, 4.69) is 0 Å². The van der Waals surface area contributed by atoms with Crippen molar-refractivity contribution in [1.29, 1.82) is 0 Å². The van der Waals surface area contributed by atoms with E-state index in [0.717, 1.165) is 16.7 Å². The normalized spacial score (nSPS) is 12.6.